The highest BCUT2D eigenvalue weighted by molar-refractivity contribution is 7.93. The molecular formula is C14H16ClF3N2O4S. The molecule has 0 amide bonds. The van der Waals surface area contributed by atoms with Gasteiger partial charge in [0.25, 0.3) is 0 Å². The van der Waals surface area contributed by atoms with E-state index in [1.807, 2.05) is 0 Å². The Morgan fingerprint density at radius 2 is 2.20 bits per heavy atom. The van der Waals surface area contributed by atoms with Crippen molar-refractivity contribution in [1.29, 1.82) is 0 Å². The van der Waals surface area contributed by atoms with Crippen LogP contribution in [0.5, 0.6) is 0 Å². The number of sulfonamides is 1. The number of nitrogens with zero attached hydrogens (tertiary/aromatic N) is 1. The lowest BCUT2D eigenvalue weighted by Crippen LogP contribution is -2.30. The SMILES string of the molecule is C/C(=N\OCC1CCCO1)c1cc(Cl)ccc1NS(=O)(=O)C(F)(F)F. The van der Waals surface area contributed by atoms with Gasteiger partial charge in [-0.3, -0.25) is 4.72 Å². The molecule has 1 saturated heterocycles. The van der Waals surface area contributed by atoms with Gasteiger partial charge in [0.1, 0.15) is 6.61 Å². The highest BCUT2D eigenvalue weighted by Gasteiger charge is 2.46. The molecule has 0 aliphatic carbocycles. The molecule has 1 aliphatic heterocycles. The molecule has 1 unspecified atom stereocenters. The van der Waals surface area contributed by atoms with Gasteiger partial charge in [-0.25, -0.2) is 0 Å². The van der Waals surface area contributed by atoms with Gasteiger partial charge in [-0.1, -0.05) is 16.8 Å². The summed E-state index contributed by atoms with van der Waals surface area (Å²) in [6.07, 6.45) is 1.68. The van der Waals surface area contributed by atoms with Gasteiger partial charge < -0.3 is 9.57 Å². The maximum absolute atomic E-state index is 12.6. The van der Waals surface area contributed by atoms with Crippen molar-refractivity contribution in [3.63, 3.8) is 0 Å². The third-order valence-corrected chi connectivity index (χ3v) is 4.74. The molecule has 1 heterocycles. The van der Waals surface area contributed by atoms with Crippen LogP contribution in [0.2, 0.25) is 5.02 Å². The van der Waals surface area contributed by atoms with E-state index < -0.39 is 15.5 Å². The first-order valence-corrected chi connectivity index (χ1v) is 9.13. The van der Waals surface area contributed by atoms with Gasteiger partial charge in [0.05, 0.1) is 17.5 Å². The predicted molar refractivity (Wildman–Crippen MR) is 87.2 cm³/mol. The van der Waals surface area contributed by atoms with Gasteiger partial charge in [-0.15, -0.1) is 0 Å². The molecule has 1 aromatic carbocycles. The predicted octanol–water partition coefficient (Wildman–Crippen LogP) is 3.52. The summed E-state index contributed by atoms with van der Waals surface area (Å²) in [6, 6.07) is 3.68. The minimum atomic E-state index is -5.56. The second kappa shape index (κ2) is 7.79. The van der Waals surface area contributed by atoms with Crippen molar-refractivity contribution < 1.29 is 31.2 Å². The van der Waals surface area contributed by atoms with E-state index in [2.05, 4.69) is 5.16 Å². The van der Waals surface area contributed by atoms with Crippen molar-refractivity contribution in [2.45, 2.75) is 31.4 Å². The number of hydrogen-bond acceptors (Lipinski definition) is 5. The molecule has 2 rings (SSSR count). The zero-order valence-electron chi connectivity index (χ0n) is 13.1. The fraction of sp³-hybridized carbons (Fsp3) is 0.500. The lowest BCUT2D eigenvalue weighted by Gasteiger charge is -2.14. The van der Waals surface area contributed by atoms with Crippen LogP contribution < -0.4 is 4.72 Å². The number of halogens is 4. The molecule has 1 aliphatic rings. The molecule has 0 bridgehead atoms. The van der Waals surface area contributed by atoms with Gasteiger partial charge in [0.2, 0.25) is 0 Å². The van der Waals surface area contributed by atoms with Crippen LogP contribution >= 0.6 is 11.6 Å². The Balaban J connectivity index is 2.19. The van der Waals surface area contributed by atoms with Crippen LogP contribution in [-0.2, 0) is 19.6 Å². The van der Waals surface area contributed by atoms with E-state index in [1.54, 1.807) is 0 Å². The van der Waals surface area contributed by atoms with E-state index in [1.165, 1.54) is 23.8 Å². The van der Waals surface area contributed by atoms with E-state index in [0.717, 1.165) is 18.9 Å². The molecule has 1 aromatic rings. The first-order chi connectivity index (χ1) is 11.6. The summed E-state index contributed by atoms with van der Waals surface area (Å²) >= 11 is 5.84. The normalized spacial score (nSPS) is 19.1. The maximum atomic E-state index is 12.6. The van der Waals surface area contributed by atoms with Gasteiger partial charge >= 0.3 is 15.5 Å². The largest absolute Gasteiger partial charge is 0.516 e. The lowest BCUT2D eigenvalue weighted by molar-refractivity contribution is -0.0429. The summed E-state index contributed by atoms with van der Waals surface area (Å²) in [6.45, 7) is 2.31. The van der Waals surface area contributed by atoms with Crippen molar-refractivity contribution in [3.05, 3.63) is 28.8 Å². The number of alkyl halides is 3. The average molecular weight is 401 g/mol. The van der Waals surface area contributed by atoms with Crippen molar-refractivity contribution in [1.82, 2.24) is 0 Å². The van der Waals surface area contributed by atoms with Gasteiger partial charge in [-0.05, 0) is 38.0 Å². The minimum absolute atomic E-state index is 0.0765. The molecule has 1 fully saturated rings. The summed E-state index contributed by atoms with van der Waals surface area (Å²) < 4.78 is 67.2. The van der Waals surface area contributed by atoms with Gasteiger partial charge in [0, 0.05) is 17.2 Å². The van der Waals surface area contributed by atoms with E-state index in [9.17, 15) is 21.6 Å². The Morgan fingerprint density at radius 1 is 1.48 bits per heavy atom. The van der Waals surface area contributed by atoms with E-state index in [0.29, 0.717) is 6.61 Å². The molecule has 25 heavy (non-hydrogen) atoms. The van der Waals surface area contributed by atoms with Crippen LogP contribution in [-0.4, -0.2) is 39.0 Å². The Labute approximate surface area is 148 Å². The van der Waals surface area contributed by atoms with Crippen molar-refractivity contribution in [3.8, 4) is 0 Å². The number of anilines is 1. The standard InChI is InChI=1S/C14H16ClF3N2O4S/c1-9(19-24-8-11-3-2-6-23-11)12-7-10(15)4-5-13(12)20-25(21,22)14(16,17)18/h4-5,7,11,20H,2-3,6,8H2,1H3/b19-9+. The van der Waals surface area contributed by atoms with E-state index in [4.69, 9.17) is 21.2 Å². The van der Waals surface area contributed by atoms with Gasteiger partial charge in [-0.2, -0.15) is 21.6 Å². The second-order valence-corrected chi connectivity index (χ2v) is 7.46. The molecule has 1 N–H and O–H groups in total. The summed E-state index contributed by atoms with van der Waals surface area (Å²) in [5, 5.41) is 4.02. The van der Waals surface area contributed by atoms with Crippen LogP contribution in [0.25, 0.3) is 0 Å². The van der Waals surface area contributed by atoms with Gasteiger partial charge in [0.15, 0.2) is 0 Å². The third kappa shape index (κ3) is 5.23. The van der Waals surface area contributed by atoms with Crippen LogP contribution in [0.1, 0.15) is 25.3 Å². The Morgan fingerprint density at radius 3 is 2.80 bits per heavy atom. The molecular weight excluding hydrogens is 385 g/mol. The summed E-state index contributed by atoms with van der Waals surface area (Å²) in [4.78, 5) is 5.15. The first kappa shape index (κ1) is 19.8. The number of rotatable bonds is 6. The monoisotopic (exact) mass is 400 g/mol. The molecule has 140 valence electrons. The number of hydrogen-bond donors (Lipinski definition) is 1. The first-order valence-electron chi connectivity index (χ1n) is 7.27. The molecule has 0 saturated carbocycles. The lowest BCUT2D eigenvalue weighted by atomic mass is 10.1. The quantitative estimate of drug-likeness (QED) is 0.585. The molecule has 0 radical (unpaired) electrons. The summed E-state index contributed by atoms with van der Waals surface area (Å²) in [5.41, 5.74) is -5.50. The number of benzene rings is 1. The summed E-state index contributed by atoms with van der Waals surface area (Å²) in [5.74, 6) is 0. The minimum Gasteiger partial charge on any atom is -0.393 e. The number of nitrogens with one attached hydrogen (secondary N) is 1. The molecule has 6 nitrogen and oxygen atoms in total. The molecule has 0 aromatic heterocycles. The zero-order chi connectivity index (χ0) is 18.7. The Hall–Kier alpha value is -1.52. The molecule has 11 heteroatoms. The van der Waals surface area contributed by atoms with Crippen LogP contribution in [0, 0.1) is 0 Å². The third-order valence-electron chi connectivity index (χ3n) is 3.41. The Kier molecular flexibility index (Phi) is 6.17. The Bertz CT molecular complexity index is 747. The topological polar surface area (TPSA) is 77.0 Å². The highest BCUT2D eigenvalue weighted by Crippen LogP contribution is 2.29. The van der Waals surface area contributed by atoms with Crippen molar-refractivity contribution in [2.75, 3.05) is 17.9 Å². The van der Waals surface area contributed by atoms with Crippen molar-refractivity contribution >= 4 is 33.0 Å². The van der Waals surface area contributed by atoms with Crippen LogP contribution in [0.3, 0.4) is 0 Å². The fourth-order valence-corrected chi connectivity index (χ4v) is 2.90. The second-order valence-electron chi connectivity index (χ2n) is 5.35. The molecule has 1 atom stereocenters. The highest BCUT2D eigenvalue weighted by atomic mass is 35.5. The van der Waals surface area contributed by atoms with E-state index in [-0.39, 0.29) is 34.7 Å². The molecule has 0 spiro atoms. The van der Waals surface area contributed by atoms with Crippen LogP contribution in [0.4, 0.5) is 18.9 Å². The average Bonchev–Trinajstić information content (AvgIpc) is 3.01. The van der Waals surface area contributed by atoms with Crippen molar-refractivity contribution in [2.24, 2.45) is 5.16 Å². The maximum Gasteiger partial charge on any atom is 0.516 e. The van der Waals surface area contributed by atoms with E-state index >= 15 is 0 Å². The zero-order valence-corrected chi connectivity index (χ0v) is 14.7. The van der Waals surface area contributed by atoms with Crippen LogP contribution in [0.15, 0.2) is 23.4 Å². The summed E-state index contributed by atoms with van der Waals surface area (Å²) in [7, 11) is -5.56. The number of ether oxygens (including phenoxy) is 1. The number of oxime groups is 1. The fourth-order valence-electron chi connectivity index (χ4n) is 2.15. The smallest absolute Gasteiger partial charge is 0.393 e.